The maximum atomic E-state index is 12.9. The van der Waals surface area contributed by atoms with Crippen molar-refractivity contribution in [3.8, 4) is 0 Å². The number of carbonyl (C=O) groups is 1. The number of amides is 1. The molecule has 7 heteroatoms. The smallest absolute Gasteiger partial charge is 0.241 e. The summed E-state index contributed by atoms with van der Waals surface area (Å²) in [7, 11) is -3.74. The highest BCUT2D eigenvalue weighted by Gasteiger charge is 2.20. The van der Waals surface area contributed by atoms with Gasteiger partial charge < -0.3 is 5.32 Å². The van der Waals surface area contributed by atoms with E-state index in [9.17, 15) is 13.2 Å². The number of hydrogen-bond donors (Lipinski definition) is 2. The maximum absolute atomic E-state index is 12.9. The van der Waals surface area contributed by atoms with Crippen molar-refractivity contribution < 1.29 is 13.2 Å². The number of hydrogen-bond acceptors (Lipinski definition) is 4. The highest BCUT2D eigenvalue weighted by molar-refractivity contribution is 7.98. The molecule has 0 fully saturated rings. The molecule has 2 aromatic carbocycles. The summed E-state index contributed by atoms with van der Waals surface area (Å²) < 4.78 is 28.5. The molecule has 0 saturated carbocycles. The number of sulfonamides is 1. The first-order valence-electron chi connectivity index (χ1n) is 9.28. The fourth-order valence-corrected chi connectivity index (χ4v) is 4.43. The Balaban J connectivity index is 2.27. The summed E-state index contributed by atoms with van der Waals surface area (Å²) in [5.41, 5.74) is 2.61. The summed E-state index contributed by atoms with van der Waals surface area (Å²) in [6.45, 7) is 7.48. The van der Waals surface area contributed by atoms with Crippen LogP contribution in [0.5, 0.6) is 0 Å². The SMILES string of the molecule is CCc1ccc([C@@H](C)NS(=O)(=O)c2ccc(SC)c(NC(=O)C(C)C)c2)cc1. The number of rotatable bonds is 8. The lowest BCUT2D eigenvalue weighted by molar-refractivity contribution is -0.118. The number of carbonyl (C=O) groups excluding carboxylic acids is 1. The van der Waals surface area contributed by atoms with Gasteiger partial charge in [0.05, 0.1) is 10.6 Å². The fourth-order valence-electron chi connectivity index (χ4n) is 2.64. The third-order valence-corrected chi connectivity index (χ3v) is 6.82. The Morgan fingerprint density at radius 3 is 2.25 bits per heavy atom. The van der Waals surface area contributed by atoms with E-state index in [0.717, 1.165) is 16.9 Å². The van der Waals surface area contributed by atoms with Gasteiger partial charge in [0.25, 0.3) is 0 Å². The molecule has 152 valence electrons. The number of benzene rings is 2. The molecular formula is C21H28N2O3S2. The zero-order valence-corrected chi connectivity index (χ0v) is 18.6. The Bertz CT molecular complexity index is 923. The van der Waals surface area contributed by atoms with Gasteiger partial charge in [-0.25, -0.2) is 13.1 Å². The molecule has 0 aromatic heterocycles. The topological polar surface area (TPSA) is 75.3 Å². The van der Waals surface area contributed by atoms with Crippen molar-refractivity contribution in [1.82, 2.24) is 4.72 Å². The van der Waals surface area contributed by atoms with Crippen LogP contribution in [0.1, 0.15) is 44.9 Å². The van der Waals surface area contributed by atoms with Gasteiger partial charge in [-0.3, -0.25) is 4.79 Å². The van der Waals surface area contributed by atoms with E-state index in [4.69, 9.17) is 0 Å². The molecule has 5 nitrogen and oxygen atoms in total. The zero-order valence-electron chi connectivity index (χ0n) is 16.9. The van der Waals surface area contributed by atoms with E-state index >= 15 is 0 Å². The minimum Gasteiger partial charge on any atom is -0.325 e. The van der Waals surface area contributed by atoms with Crippen molar-refractivity contribution in [3.63, 3.8) is 0 Å². The normalized spacial score (nSPS) is 12.8. The van der Waals surface area contributed by atoms with Crippen molar-refractivity contribution in [3.05, 3.63) is 53.6 Å². The summed E-state index contributed by atoms with van der Waals surface area (Å²) in [5.74, 6) is -0.346. The molecule has 1 atom stereocenters. The second-order valence-electron chi connectivity index (χ2n) is 6.94. The van der Waals surface area contributed by atoms with E-state index < -0.39 is 10.0 Å². The van der Waals surface area contributed by atoms with Crippen LogP contribution in [0.3, 0.4) is 0 Å². The van der Waals surface area contributed by atoms with E-state index in [0.29, 0.717) is 5.69 Å². The summed E-state index contributed by atoms with van der Waals surface area (Å²) in [5, 5.41) is 2.82. The third kappa shape index (κ3) is 5.59. The molecule has 2 N–H and O–H groups in total. The van der Waals surface area contributed by atoms with Gasteiger partial charge in [0.15, 0.2) is 0 Å². The van der Waals surface area contributed by atoms with E-state index in [-0.39, 0.29) is 22.8 Å². The van der Waals surface area contributed by atoms with Crippen molar-refractivity contribution in [1.29, 1.82) is 0 Å². The maximum Gasteiger partial charge on any atom is 0.241 e. The average molecular weight is 421 g/mol. The molecular weight excluding hydrogens is 392 g/mol. The largest absolute Gasteiger partial charge is 0.325 e. The van der Waals surface area contributed by atoms with Crippen molar-refractivity contribution in [2.75, 3.05) is 11.6 Å². The molecule has 28 heavy (non-hydrogen) atoms. The Kier molecular flexibility index (Phi) is 7.69. The van der Waals surface area contributed by atoms with Gasteiger partial charge in [-0.05, 0) is 48.9 Å². The Hall–Kier alpha value is -1.83. The summed E-state index contributed by atoms with van der Waals surface area (Å²) in [6.07, 6.45) is 2.82. The highest BCUT2D eigenvalue weighted by atomic mass is 32.2. The number of thioether (sulfide) groups is 1. The Morgan fingerprint density at radius 2 is 1.71 bits per heavy atom. The van der Waals surface area contributed by atoms with E-state index in [1.807, 2.05) is 37.4 Å². The number of aryl methyl sites for hydroxylation is 1. The standard InChI is InChI=1S/C21H28N2O3S2/c1-6-16-7-9-17(10-8-16)15(4)23-28(25,26)18-11-12-20(27-5)19(13-18)22-21(24)14(2)3/h7-15,23H,6H2,1-5H3,(H,22,24)/t15-/m1/s1. The van der Waals surface area contributed by atoms with Crippen LogP contribution in [0.15, 0.2) is 52.3 Å². The molecule has 0 spiro atoms. The fraction of sp³-hybridized carbons (Fsp3) is 0.381. The van der Waals surface area contributed by atoms with Crippen LogP contribution in [0.25, 0.3) is 0 Å². The minimum atomic E-state index is -3.74. The Morgan fingerprint density at radius 1 is 1.07 bits per heavy atom. The molecule has 2 aromatic rings. The first-order chi connectivity index (χ1) is 13.2. The van der Waals surface area contributed by atoms with Crippen molar-refractivity contribution in [2.24, 2.45) is 5.92 Å². The molecule has 0 unspecified atom stereocenters. The number of anilines is 1. The molecule has 0 aliphatic heterocycles. The van der Waals surface area contributed by atoms with Crippen molar-refractivity contribution >= 4 is 33.4 Å². The third-order valence-electron chi connectivity index (χ3n) is 4.48. The van der Waals surface area contributed by atoms with Gasteiger partial charge in [-0.1, -0.05) is 45.0 Å². The lowest BCUT2D eigenvalue weighted by Gasteiger charge is -2.17. The van der Waals surface area contributed by atoms with Crippen molar-refractivity contribution in [2.45, 2.75) is 49.9 Å². The molecule has 0 radical (unpaired) electrons. The van der Waals surface area contributed by atoms with Gasteiger partial charge in [0.2, 0.25) is 15.9 Å². The predicted molar refractivity (Wildman–Crippen MR) is 116 cm³/mol. The first kappa shape index (κ1) is 22.5. The monoisotopic (exact) mass is 420 g/mol. The lowest BCUT2D eigenvalue weighted by atomic mass is 10.1. The molecule has 2 rings (SSSR count). The van der Waals surface area contributed by atoms with Crippen LogP contribution in [-0.4, -0.2) is 20.6 Å². The van der Waals surface area contributed by atoms with E-state index in [2.05, 4.69) is 17.0 Å². The van der Waals surface area contributed by atoms with Crippen LogP contribution in [0.4, 0.5) is 5.69 Å². The molecule has 1 amide bonds. The van der Waals surface area contributed by atoms with E-state index in [1.165, 1.54) is 23.4 Å². The van der Waals surface area contributed by atoms with Gasteiger partial charge >= 0.3 is 0 Å². The lowest BCUT2D eigenvalue weighted by Crippen LogP contribution is -2.27. The predicted octanol–water partition coefficient (Wildman–Crippen LogP) is 4.60. The van der Waals surface area contributed by atoms with Gasteiger partial charge in [-0.15, -0.1) is 11.8 Å². The average Bonchev–Trinajstić information content (AvgIpc) is 2.67. The molecule has 0 bridgehead atoms. The van der Waals surface area contributed by atoms with Gasteiger partial charge in [0, 0.05) is 16.9 Å². The zero-order chi connectivity index (χ0) is 20.9. The summed E-state index contributed by atoms with van der Waals surface area (Å²) in [4.78, 5) is 13.0. The number of nitrogens with one attached hydrogen (secondary N) is 2. The molecule has 0 aliphatic carbocycles. The Labute approximate surface area is 172 Å². The summed E-state index contributed by atoms with van der Waals surface area (Å²) in [6, 6.07) is 12.3. The minimum absolute atomic E-state index is 0.126. The second kappa shape index (κ2) is 9.58. The van der Waals surface area contributed by atoms with Crippen LogP contribution in [-0.2, 0) is 21.2 Å². The highest BCUT2D eigenvalue weighted by Crippen LogP contribution is 2.29. The van der Waals surface area contributed by atoms with Crippen LogP contribution in [0, 0.1) is 5.92 Å². The molecule has 0 heterocycles. The van der Waals surface area contributed by atoms with Crippen LogP contribution in [0.2, 0.25) is 0 Å². The van der Waals surface area contributed by atoms with Gasteiger partial charge in [-0.2, -0.15) is 0 Å². The van der Waals surface area contributed by atoms with E-state index in [1.54, 1.807) is 26.0 Å². The van der Waals surface area contributed by atoms with Crippen LogP contribution < -0.4 is 10.0 Å². The van der Waals surface area contributed by atoms with Gasteiger partial charge in [0.1, 0.15) is 0 Å². The summed E-state index contributed by atoms with van der Waals surface area (Å²) >= 11 is 1.45. The first-order valence-corrected chi connectivity index (χ1v) is 12.0. The molecule has 0 saturated heterocycles. The van der Waals surface area contributed by atoms with Crippen LogP contribution >= 0.6 is 11.8 Å². The quantitative estimate of drug-likeness (QED) is 0.612. The molecule has 0 aliphatic rings. The second-order valence-corrected chi connectivity index (χ2v) is 9.51.